The second-order valence-electron chi connectivity index (χ2n) is 2.12. The van der Waals surface area contributed by atoms with Gasteiger partial charge in [-0.15, -0.1) is 0 Å². The molecular weight excluding hydrogens is 196 g/mol. The zero-order valence-electron chi connectivity index (χ0n) is 6.32. The Morgan fingerprint density at radius 1 is 1.54 bits per heavy atom. The summed E-state index contributed by atoms with van der Waals surface area (Å²) in [7, 11) is 0. The predicted molar refractivity (Wildman–Crippen MR) is 44.7 cm³/mol. The number of nitrogens with zero attached hydrogens (tertiary/aromatic N) is 1. The summed E-state index contributed by atoms with van der Waals surface area (Å²) in [6.07, 6.45) is -0.106. The van der Waals surface area contributed by atoms with Gasteiger partial charge in [0.15, 0.2) is 0 Å². The van der Waals surface area contributed by atoms with Crippen molar-refractivity contribution in [1.29, 1.82) is 0 Å². The van der Waals surface area contributed by atoms with Crippen molar-refractivity contribution in [1.82, 2.24) is 10.3 Å². The van der Waals surface area contributed by atoms with Crippen LogP contribution in [0.3, 0.4) is 0 Å². The third kappa shape index (κ3) is 2.72. The molecule has 0 saturated heterocycles. The van der Waals surface area contributed by atoms with Gasteiger partial charge >= 0.3 is 6.09 Å². The molecule has 6 heteroatoms. The molecule has 5 nitrogen and oxygen atoms in total. The van der Waals surface area contributed by atoms with Gasteiger partial charge in [0.05, 0.1) is 0 Å². The number of nitrogens with one attached hydrogen (secondary N) is 1. The average Bonchev–Trinajstić information content (AvgIpc) is 2.03. The van der Waals surface area contributed by atoms with Crippen molar-refractivity contribution in [3.63, 3.8) is 0 Å². The van der Waals surface area contributed by atoms with Crippen LogP contribution >= 0.6 is 11.6 Å². The number of carbonyl (C=O) groups is 2. The largest absolute Gasteiger partial charge is 0.465 e. The molecule has 13 heavy (non-hydrogen) atoms. The molecule has 0 unspecified atom stereocenters. The fraction of sp³-hybridized carbons (Fsp3) is 0. The van der Waals surface area contributed by atoms with E-state index in [0.717, 1.165) is 0 Å². The molecule has 0 saturated carbocycles. The lowest BCUT2D eigenvalue weighted by Gasteiger charge is -1.98. The molecule has 1 rings (SSSR count). The highest BCUT2D eigenvalue weighted by Gasteiger charge is 2.09. The average molecular weight is 201 g/mol. The van der Waals surface area contributed by atoms with Crippen LogP contribution in [0.1, 0.15) is 10.5 Å². The minimum absolute atomic E-state index is 0.0325. The second-order valence-corrected chi connectivity index (χ2v) is 2.56. The highest BCUT2D eigenvalue weighted by molar-refractivity contribution is 6.30. The molecule has 2 amide bonds. The zero-order valence-corrected chi connectivity index (χ0v) is 7.08. The molecule has 0 aliphatic heterocycles. The molecule has 0 fully saturated rings. The summed E-state index contributed by atoms with van der Waals surface area (Å²) in [6, 6.07) is 2.76. The molecule has 0 atom stereocenters. The lowest BCUT2D eigenvalue weighted by atomic mass is 10.3. The van der Waals surface area contributed by atoms with Gasteiger partial charge in [-0.1, -0.05) is 11.6 Å². The van der Waals surface area contributed by atoms with Crippen molar-refractivity contribution >= 4 is 23.6 Å². The molecule has 68 valence electrons. The number of carbonyl (C=O) groups excluding carboxylic acids is 1. The number of halogens is 1. The number of hydrogen-bond donors (Lipinski definition) is 2. The van der Waals surface area contributed by atoms with E-state index >= 15 is 0 Å². The Balaban J connectivity index is 2.83. The van der Waals surface area contributed by atoms with Crippen LogP contribution in [0.15, 0.2) is 18.3 Å². The SMILES string of the molecule is O=C(O)NC(=O)c1cc(Cl)ccn1. The number of pyridine rings is 1. The lowest BCUT2D eigenvalue weighted by molar-refractivity contribution is 0.0943. The molecular formula is C7H5ClN2O3. The van der Waals surface area contributed by atoms with Gasteiger partial charge in [-0.25, -0.2) is 4.79 Å². The summed E-state index contributed by atoms with van der Waals surface area (Å²) >= 11 is 5.56. The van der Waals surface area contributed by atoms with Gasteiger partial charge in [0, 0.05) is 11.2 Å². The molecule has 1 aromatic heterocycles. The highest BCUT2D eigenvalue weighted by atomic mass is 35.5. The third-order valence-electron chi connectivity index (χ3n) is 1.18. The molecule has 1 heterocycles. The monoisotopic (exact) mass is 200 g/mol. The Morgan fingerprint density at radius 3 is 2.77 bits per heavy atom. The van der Waals surface area contributed by atoms with E-state index in [1.807, 2.05) is 0 Å². The van der Waals surface area contributed by atoms with E-state index in [2.05, 4.69) is 4.98 Å². The minimum atomic E-state index is -1.42. The fourth-order valence-corrected chi connectivity index (χ4v) is 0.850. The fourth-order valence-electron chi connectivity index (χ4n) is 0.690. The molecule has 0 bridgehead atoms. The minimum Gasteiger partial charge on any atom is -0.465 e. The number of hydrogen-bond acceptors (Lipinski definition) is 3. The lowest BCUT2D eigenvalue weighted by Crippen LogP contribution is -2.29. The summed E-state index contributed by atoms with van der Waals surface area (Å²) in [5.74, 6) is -0.796. The molecule has 0 aromatic carbocycles. The smallest absolute Gasteiger partial charge is 0.411 e. The van der Waals surface area contributed by atoms with E-state index in [4.69, 9.17) is 16.7 Å². The number of amides is 2. The number of aromatic nitrogens is 1. The van der Waals surface area contributed by atoms with Crippen LogP contribution in [0.2, 0.25) is 5.02 Å². The van der Waals surface area contributed by atoms with Crippen molar-refractivity contribution in [3.8, 4) is 0 Å². The van der Waals surface area contributed by atoms with Gasteiger partial charge in [0.1, 0.15) is 5.69 Å². The van der Waals surface area contributed by atoms with Crippen LogP contribution in [-0.4, -0.2) is 22.1 Å². The quantitative estimate of drug-likeness (QED) is 0.713. The normalized spacial score (nSPS) is 9.31. The predicted octanol–water partition coefficient (Wildman–Crippen LogP) is 1.14. The molecule has 0 spiro atoms. The van der Waals surface area contributed by atoms with Crippen molar-refractivity contribution in [2.75, 3.05) is 0 Å². The molecule has 0 radical (unpaired) electrons. The van der Waals surface area contributed by atoms with Gasteiger partial charge < -0.3 is 5.11 Å². The Bertz CT molecular complexity index is 353. The van der Waals surface area contributed by atoms with Gasteiger partial charge in [-0.3, -0.25) is 15.1 Å². The Hall–Kier alpha value is -1.62. The first-order valence-electron chi connectivity index (χ1n) is 3.25. The maximum Gasteiger partial charge on any atom is 0.411 e. The summed E-state index contributed by atoms with van der Waals surface area (Å²) in [4.78, 5) is 24.7. The van der Waals surface area contributed by atoms with Gasteiger partial charge in [-0.05, 0) is 12.1 Å². The summed E-state index contributed by atoms with van der Waals surface area (Å²) < 4.78 is 0. The van der Waals surface area contributed by atoms with Crippen molar-refractivity contribution in [3.05, 3.63) is 29.0 Å². The van der Waals surface area contributed by atoms with Crippen LogP contribution in [0, 0.1) is 0 Å². The summed E-state index contributed by atoms with van der Waals surface area (Å²) in [6.45, 7) is 0. The second kappa shape index (κ2) is 3.86. The first-order chi connectivity index (χ1) is 6.09. The van der Waals surface area contributed by atoms with Crippen LogP contribution in [0.5, 0.6) is 0 Å². The Labute approximate surface area is 78.4 Å². The topological polar surface area (TPSA) is 79.3 Å². The van der Waals surface area contributed by atoms with Crippen molar-refractivity contribution < 1.29 is 14.7 Å². The van der Waals surface area contributed by atoms with Crippen molar-refractivity contribution in [2.24, 2.45) is 0 Å². The van der Waals surface area contributed by atoms with Crippen LogP contribution in [0.25, 0.3) is 0 Å². The van der Waals surface area contributed by atoms with E-state index in [1.165, 1.54) is 18.3 Å². The first-order valence-corrected chi connectivity index (χ1v) is 3.63. The van der Waals surface area contributed by atoms with Gasteiger partial charge in [0.25, 0.3) is 5.91 Å². The highest BCUT2D eigenvalue weighted by Crippen LogP contribution is 2.07. The molecule has 0 aliphatic carbocycles. The number of rotatable bonds is 1. The third-order valence-corrected chi connectivity index (χ3v) is 1.41. The summed E-state index contributed by atoms with van der Waals surface area (Å²) in [5.41, 5.74) is -0.0325. The van der Waals surface area contributed by atoms with E-state index in [9.17, 15) is 9.59 Å². The van der Waals surface area contributed by atoms with E-state index in [1.54, 1.807) is 5.32 Å². The Kier molecular flexibility index (Phi) is 2.81. The van der Waals surface area contributed by atoms with Crippen molar-refractivity contribution in [2.45, 2.75) is 0 Å². The number of imide groups is 1. The summed E-state index contributed by atoms with van der Waals surface area (Å²) in [5, 5.41) is 10.2. The molecule has 2 N–H and O–H groups in total. The Morgan fingerprint density at radius 2 is 2.23 bits per heavy atom. The maximum absolute atomic E-state index is 11.0. The van der Waals surface area contributed by atoms with Crippen LogP contribution in [0.4, 0.5) is 4.79 Å². The van der Waals surface area contributed by atoms with Gasteiger partial charge in [-0.2, -0.15) is 0 Å². The molecule has 1 aromatic rings. The molecule has 0 aliphatic rings. The van der Waals surface area contributed by atoms with E-state index < -0.39 is 12.0 Å². The zero-order chi connectivity index (χ0) is 9.84. The van der Waals surface area contributed by atoms with E-state index in [-0.39, 0.29) is 5.69 Å². The number of carboxylic acid groups (broad SMARTS) is 1. The first kappa shape index (κ1) is 9.47. The van der Waals surface area contributed by atoms with Crippen LogP contribution in [-0.2, 0) is 0 Å². The van der Waals surface area contributed by atoms with Gasteiger partial charge in [0.2, 0.25) is 0 Å². The standard InChI is InChI=1S/C7H5ClN2O3/c8-4-1-2-9-5(3-4)6(11)10-7(12)13/h1-3H,(H,10,11)(H,12,13). The maximum atomic E-state index is 11.0. The van der Waals surface area contributed by atoms with E-state index in [0.29, 0.717) is 5.02 Å². The van der Waals surface area contributed by atoms with Crippen LogP contribution < -0.4 is 5.32 Å².